The number of pyridine rings is 1. The first-order chi connectivity index (χ1) is 14.5. The fraction of sp³-hybridized carbons (Fsp3) is 0.0870. The Labute approximate surface area is 176 Å². The number of hydrogen-bond acceptors (Lipinski definition) is 3. The molecule has 30 heavy (non-hydrogen) atoms. The summed E-state index contributed by atoms with van der Waals surface area (Å²) >= 11 is 6.32. The van der Waals surface area contributed by atoms with Crippen molar-refractivity contribution < 1.29 is 9.18 Å². The van der Waals surface area contributed by atoms with Crippen molar-refractivity contribution in [3.8, 4) is 23.0 Å². The van der Waals surface area contributed by atoms with Crippen LogP contribution in [0.3, 0.4) is 0 Å². The van der Waals surface area contributed by atoms with E-state index in [1.165, 1.54) is 24.5 Å². The standard InChI is InChI=1S/C23H14ClFN4O/c1-2-3-13-8-15(14-4-7-20-26-12-27-29(20)11-14)9-18-21(13)22(28-23(18)30)17-10-16(25)5-6-19(17)24/h4-12,22H,1H3,(H,28,30). The first-order valence-corrected chi connectivity index (χ1v) is 9.59. The summed E-state index contributed by atoms with van der Waals surface area (Å²) in [5.74, 6) is 5.33. The second-order valence-corrected chi connectivity index (χ2v) is 7.32. The van der Waals surface area contributed by atoms with E-state index in [-0.39, 0.29) is 5.91 Å². The van der Waals surface area contributed by atoms with Crippen LogP contribution < -0.4 is 5.32 Å². The van der Waals surface area contributed by atoms with Crippen molar-refractivity contribution in [3.05, 3.63) is 88.1 Å². The Hall–Kier alpha value is -3.69. The molecular formula is C23H14ClFN4O. The van der Waals surface area contributed by atoms with Gasteiger partial charge in [-0.3, -0.25) is 4.79 Å². The Bertz CT molecular complexity index is 1400. The molecule has 0 fully saturated rings. The van der Waals surface area contributed by atoms with Crippen molar-refractivity contribution in [1.82, 2.24) is 19.9 Å². The average Bonchev–Trinajstić information content (AvgIpc) is 3.34. The van der Waals surface area contributed by atoms with Crippen LogP contribution in [0.4, 0.5) is 4.39 Å². The van der Waals surface area contributed by atoms with Crippen LogP contribution in [-0.2, 0) is 0 Å². The van der Waals surface area contributed by atoms with Crippen LogP contribution in [0.25, 0.3) is 16.8 Å². The van der Waals surface area contributed by atoms with Crippen LogP contribution in [0.5, 0.6) is 0 Å². The molecule has 5 rings (SSSR count). The third kappa shape index (κ3) is 2.92. The molecule has 0 saturated heterocycles. The van der Waals surface area contributed by atoms with Gasteiger partial charge in [-0.25, -0.2) is 13.9 Å². The highest BCUT2D eigenvalue weighted by molar-refractivity contribution is 6.31. The molecule has 0 bridgehead atoms. The van der Waals surface area contributed by atoms with Gasteiger partial charge in [0.25, 0.3) is 5.91 Å². The summed E-state index contributed by atoms with van der Waals surface area (Å²) in [7, 11) is 0. The summed E-state index contributed by atoms with van der Waals surface area (Å²) in [4.78, 5) is 17.0. The van der Waals surface area contributed by atoms with E-state index in [1.807, 2.05) is 30.5 Å². The monoisotopic (exact) mass is 416 g/mol. The number of halogens is 2. The van der Waals surface area contributed by atoms with Gasteiger partial charge >= 0.3 is 0 Å². The van der Waals surface area contributed by atoms with E-state index >= 15 is 0 Å². The van der Waals surface area contributed by atoms with E-state index in [2.05, 4.69) is 27.2 Å². The molecule has 0 radical (unpaired) electrons. The van der Waals surface area contributed by atoms with Crippen molar-refractivity contribution in [2.24, 2.45) is 0 Å². The molecule has 0 aliphatic carbocycles. The summed E-state index contributed by atoms with van der Waals surface area (Å²) in [6, 6.07) is 11.1. The predicted molar refractivity (Wildman–Crippen MR) is 112 cm³/mol. The fourth-order valence-corrected chi connectivity index (χ4v) is 4.02. The van der Waals surface area contributed by atoms with Crippen molar-refractivity contribution in [2.45, 2.75) is 13.0 Å². The molecule has 5 nitrogen and oxygen atoms in total. The second kappa shape index (κ2) is 6.97. The Kier molecular flexibility index (Phi) is 4.27. The summed E-state index contributed by atoms with van der Waals surface area (Å²) in [5, 5.41) is 7.47. The molecule has 0 spiro atoms. The predicted octanol–water partition coefficient (Wildman–Crippen LogP) is 4.39. The fourth-order valence-electron chi connectivity index (χ4n) is 3.79. The van der Waals surface area contributed by atoms with Gasteiger partial charge in [0.05, 0.1) is 6.04 Å². The minimum absolute atomic E-state index is 0.252. The maximum absolute atomic E-state index is 13.9. The highest BCUT2D eigenvalue weighted by atomic mass is 35.5. The number of nitrogens with one attached hydrogen (secondary N) is 1. The lowest BCUT2D eigenvalue weighted by Gasteiger charge is -2.16. The number of amides is 1. The highest BCUT2D eigenvalue weighted by Gasteiger charge is 2.34. The number of benzene rings is 2. The van der Waals surface area contributed by atoms with Gasteiger partial charge in [0.15, 0.2) is 5.65 Å². The number of carbonyl (C=O) groups excluding carboxylic acids is 1. The lowest BCUT2D eigenvalue weighted by atomic mass is 9.90. The first-order valence-electron chi connectivity index (χ1n) is 9.21. The first kappa shape index (κ1) is 18.3. The zero-order valence-electron chi connectivity index (χ0n) is 15.8. The maximum Gasteiger partial charge on any atom is 0.252 e. The van der Waals surface area contributed by atoms with Crippen LogP contribution in [0.1, 0.15) is 40.0 Å². The van der Waals surface area contributed by atoms with Gasteiger partial charge in [-0.15, -0.1) is 5.92 Å². The van der Waals surface area contributed by atoms with E-state index in [4.69, 9.17) is 11.6 Å². The SMILES string of the molecule is CC#Cc1cc(-c2ccc3ncnn3c2)cc2c1C(c1cc(F)ccc1Cl)NC2=O. The van der Waals surface area contributed by atoms with Crippen molar-refractivity contribution in [1.29, 1.82) is 0 Å². The summed E-state index contributed by atoms with van der Waals surface area (Å²) in [5.41, 5.74) is 4.81. The Morgan fingerprint density at radius 1 is 1.17 bits per heavy atom. The van der Waals surface area contributed by atoms with E-state index in [9.17, 15) is 9.18 Å². The van der Waals surface area contributed by atoms with Crippen molar-refractivity contribution in [3.63, 3.8) is 0 Å². The largest absolute Gasteiger partial charge is 0.341 e. The van der Waals surface area contributed by atoms with Gasteiger partial charge in [-0.05, 0) is 55.0 Å². The topological polar surface area (TPSA) is 59.3 Å². The van der Waals surface area contributed by atoms with E-state index < -0.39 is 11.9 Å². The van der Waals surface area contributed by atoms with Crippen LogP contribution in [0.15, 0.2) is 55.0 Å². The second-order valence-electron chi connectivity index (χ2n) is 6.91. The molecule has 2 aromatic heterocycles. The number of aromatic nitrogens is 3. The number of hydrogen-bond donors (Lipinski definition) is 1. The van der Waals surface area contributed by atoms with Gasteiger partial charge < -0.3 is 5.32 Å². The van der Waals surface area contributed by atoms with Crippen LogP contribution in [-0.4, -0.2) is 20.5 Å². The summed E-state index contributed by atoms with van der Waals surface area (Å²) < 4.78 is 15.6. The molecule has 1 aliphatic heterocycles. The lowest BCUT2D eigenvalue weighted by molar-refractivity contribution is 0.0960. The minimum Gasteiger partial charge on any atom is -0.341 e. The third-order valence-corrected chi connectivity index (χ3v) is 5.47. The number of nitrogens with zero attached hydrogens (tertiary/aromatic N) is 3. The molecule has 0 saturated carbocycles. The van der Waals surface area contributed by atoms with Gasteiger partial charge in [0.2, 0.25) is 0 Å². The van der Waals surface area contributed by atoms with Crippen molar-refractivity contribution >= 4 is 23.2 Å². The molecule has 1 N–H and O–H groups in total. The quantitative estimate of drug-likeness (QED) is 0.493. The molecule has 1 aliphatic rings. The third-order valence-electron chi connectivity index (χ3n) is 5.12. The number of fused-ring (bicyclic) bond motifs is 2. The highest BCUT2D eigenvalue weighted by Crippen LogP contribution is 2.39. The Balaban J connectivity index is 1.71. The van der Waals surface area contributed by atoms with Gasteiger partial charge in [0, 0.05) is 39.0 Å². The van der Waals surface area contributed by atoms with E-state index in [1.54, 1.807) is 11.4 Å². The molecule has 1 atom stereocenters. The van der Waals surface area contributed by atoms with E-state index in [0.717, 1.165) is 16.8 Å². The average molecular weight is 417 g/mol. The molecule has 3 heterocycles. The molecule has 4 aromatic rings. The van der Waals surface area contributed by atoms with Crippen LogP contribution in [0.2, 0.25) is 5.02 Å². The smallest absolute Gasteiger partial charge is 0.252 e. The van der Waals surface area contributed by atoms with Gasteiger partial charge in [0.1, 0.15) is 12.1 Å². The number of rotatable bonds is 2. The molecule has 1 amide bonds. The molecular weight excluding hydrogens is 403 g/mol. The van der Waals surface area contributed by atoms with Gasteiger partial charge in [-0.1, -0.05) is 17.5 Å². The van der Waals surface area contributed by atoms with E-state index in [0.29, 0.717) is 27.3 Å². The zero-order chi connectivity index (χ0) is 20.8. The lowest BCUT2D eigenvalue weighted by Crippen LogP contribution is -2.20. The van der Waals surface area contributed by atoms with Crippen LogP contribution in [0, 0.1) is 17.7 Å². The minimum atomic E-state index is -0.571. The number of carbonyl (C=O) groups is 1. The normalized spacial score (nSPS) is 14.9. The Morgan fingerprint density at radius 3 is 2.87 bits per heavy atom. The summed E-state index contributed by atoms with van der Waals surface area (Å²) in [6.07, 6.45) is 3.33. The van der Waals surface area contributed by atoms with Crippen molar-refractivity contribution in [2.75, 3.05) is 0 Å². The maximum atomic E-state index is 13.9. The summed E-state index contributed by atoms with van der Waals surface area (Å²) in [6.45, 7) is 1.73. The van der Waals surface area contributed by atoms with Gasteiger partial charge in [-0.2, -0.15) is 5.10 Å². The van der Waals surface area contributed by atoms with Crippen LogP contribution >= 0.6 is 11.6 Å². The Morgan fingerprint density at radius 2 is 2.03 bits per heavy atom. The molecule has 1 unspecified atom stereocenters. The molecule has 7 heteroatoms. The zero-order valence-corrected chi connectivity index (χ0v) is 16.5. The molecule has 146 valence electrons. The molecule has 2 aromatic carbocycles.